The van der Waals surface area contributed by atoms with Gasteiger partial charge in [-0.2, -0.15) is 0 Å². The molecular weight excluding hydrogens is 360 g/mol. The van der Waals surface area contributed by atoms with E-state index in [1.807, 2.05) is 20.8 Å². The Hall–Kier alpha value is -1.21. The van der Waals surface area contributed by atoms with E-state index in [1.165, 1.54) is 6.07 Å². The van der Waals surface area contributed by atoms with Crippen molar-refractivity contribution in [2.45, 2.75) is 55.6 Å². The van der Waals surface area contributed by atoms with Gasteiger partial charge in [-0.3, -0.25) is 0 Å². The molecule has 0 N–H and O–H groups in total. The fourth-order valence-corrected chi connectivity index (χ4v) is 5.31. The van der Waals surface area contributed by atoms with Crippen molar-refractivity contribution in [1.29, 1.82) is 0 Å². The molecule has 3 rings (SSSR count). The molecule has 0 radical (unpaired) electrons. The van der Waals surface area contributed by atoms with Crippen molar-refractivity contribution in [3.63, 3.8) is 0 Å². The zero-order chi connectivity index (χ0) is 17.9. The smallest absolute Gasteiger partial charge is 0.241 e. The van der Waals surface area contributed by atoms with Gasteiger partial charge < -0.3 is 4.42 Å². The number of hydrogen-bond acceptors (Lipinski definition) is 4. The molecule has 1 fully saturated rings. The van der Waals surface area contributed by atoms with Crippen molar-refractivity contribution >= 4 is 32.5 Å². The second kappa shape index (κ2) is 5.66. The summed E-state index contributed by atoms with van der Waals surface area (Å²) in [6, 6.07) is 3.05. The lowest BCUT2D eigenvalue weighted by molar-refractivity contribution is 0.0364. The zero-order valence-electron chi connectivity index (χ0n) is 13.5. The summed E-state index contributed by atoms with van der Waals surface area (Å²) in [6.07, 6.45) is -2.62. The van der Waals surface area contributed by atoms with Crippen LogP contribution in [-0.2, 0) is 15.3 Å². The van der Waals surface area contributed by atoms with E-state index in [2.05, 4.69) is 4.98 Å². The van der Waals surface area contributed by atoms with Gasteiger partial charge >= 0.3 is 0 Å². The second-order valence-electron chi connectivity index (χ2n) is 7.23. The molecule has 0 saturated heterocycles. The maximum Gasteiger partial charge on any atom is 0.241 e. The molecule has 1 aromatic carbocycles. The Morgan fingerprint density at radius 3 is 2.46 bits per heavy atom. The van der Waals surface area contributed by atoms with Gasteiger partial charge in [-0.15, -0.1) is 0 Å². The average molecular weight is 378 g/mol. The van der Waals surface area contributed by atoms with Crippen LogP contribution in [0.3, 0.4) is 0 Å². The predicted octanol–water partition coefficient (Wildman–Crippen LogP) is 4.60. The number of fused-ring (bicyclic) bond motifs is 1. The standard InChI is InChI=1S/C16H18ClF2NO3S/c1-16(2,3)15-20-11-5-4-10(17)13(12(11)23-15)24(21,22)9-6-8(7-9)14(18)19/h4-5,8-9,14H,6-7H2,1-3H3/t8-,9-. The van der Waals surface area contributed by atoms with Gasteiger partial charge in [0.15, 0.2) is 15.4 Å². The van der Waals surface area contributed by atoms with Crippen molar-refractivity contribution in [3.05, 3.63) is 23.0 Å². The van der Waals surface area contributed by atoms with Crippen LogP contribution in [0.2, 0.25) is 5.02 Å². The summed E-state index contributed by atoms with van der Waals surface area (Å²) in [5.41, 5.74) is 0.101. The number of benzene rings is 1. The molecule has 8 heteroatoms. The molecule has 0 aliphatic heterocycles. The molecular formula is C16H18ClF2NO3S. The minimum absolute atomic E-state index is 0.0274. The maximum absolute atomic E-state index is 12.9. The molecule has 0 spiro atoms. The minimum Gasteiger partial charge on any atom is -0.439 e. The van der Waals surface area contributed by atoms with Crippen LogP contribution >= 0.6 is 11.6 Å². The highest BCUT2D eigenvalue weighted by atomic mass is 35.5. The largest absolute Gasteiger partial charge is 0.439 e. The summed E-state index contributed by atoms with van der Waals surface area (Å²) in [5, 5.41) is -0.831. The summed E-state index contributed by atoms with van der Waals surface area (Å²) in [7, 11) is -3.86. The number of sulfone groups is 1. The second-order valence-corrected chi connectivity index (χ2v) is 9.80. The predicted molar refractivity (Wildman–Crippen MR) is 87.4 cm³/mol. The van der Waals surface area contributed by atoms with E-state index in [0.717, 1.165) is 0 Å². The van der Waals surface area contributed by atoms with Crippen molar-refractivity contribution in [2.75, 3.05) is 0 Å². The molecule has 1 saturated carbocycles. The summed E-state index contributed by atoms with van der Waals surface area (Å²) >= 11 is 6.12. The van der Waals surface area contributed by atoms with Crippen LogP contribution in [0.1, 0.15) is 39.5 Å². The SMILES string of the molecule is CC(C)(C)c1nc2ccc(Cl)c(S(=O)(=O)[C@H]3C[C@H](C(F)F)C3)c2o1. The average Bonchev–Trinajstić information content (AvgIpc) is 2.78. The van der Waals surface area contributed by atoms with Crippen LogP contribution in [0, 0.1) is 5.92 Å². The highest BCUT2D eigenvalue weighted by Crippen LogP contribution is 2.43. The Balaban J connectivity index is 2.09. The highest BCUT2D eigenvalue weighted by molar-refractivity contribution is 7.92. The first kappa shape index (κ1) is 17.6. The normalized spacial score (nSPS) is 22.1. The fraction of sp³-hybridized carbons (Fsp3) is 0.562. The van der Waals surface area contributed by atoms with Gasteiger partial charge in [0, 0.05) is 11.3 Å². The van der Waals surface area contributed by atoms with Gasteiger partial charge in [-0.1, -0.05) is 32.4 Å². The number of nitrogens with zero attached hydrogens (tertiary/aromatic N) is 1. The van der Waals surface area contributed by atoms with Crippen molar-refractivity contribution in [3.8, 4) is 0 Å². The first-order valence-electron chi connectivity index (χ1n) is 7.63. The molecule has 1 aromatic heterocycles. The Bertz CT molecular complexity index is 881. The van der Waals surface area contributed by atoms with Crippen molar-refractivity contribution < 1.29 is 21.6 Å². The quantitative estimate of drug-likeness (QED) is 0.784. The Kier molecular flexibility index (Phi) is 4.15. The Morgan fingerprint density at radius 1 is 1.29 bits per heavy atom. The number of hydrogen-bond donors (Lipinski definition) is 0. The summed E-state index contributed by atoms with van der Waals surface area (Å²) in [5.74, 6) is -0.474. The third-order valence-electron chi connectivity index (χ3n) is 4.32. The molecule has 24 heavy (non-hydrogen) atoms. The van der Waals surface area contributed by atoms with E-state index in [-0.39, 0.29) is 28.3 Å². The molecule has 132 valence electrons. The van der Waals surface area contributed by atoms with E-state index in [9.17, 15) is 17.2 Å². The first-order valence-corrected chi connectivity index (χ1v) is 9.56. The fourth-order valence-electron chi connectivity index (χ4n) is 2.76. The summed E-state index contributed by atoms with van der Waals surface area (Å²) in [6.45, 7) is 5.69. The molecule has 1 aliphatic rings. The van der Waals surface area contributed by atoms with E-state index in [1.54, 1.807) is 6.07 Å². The minimum atomic E-state index is -3.86. The van der Waals surface area contributed by atoms with Gasteiger partial charge in [0.05, 0.1) is 10.3 Å². The van der Waals surface area contributed by atoms with E-state index < -0.39 is 32.8 Å². The number of oxazole rings is 1. The van der Waals surface area contributed by atoms with Gasteiger partial charge in [-0.05, 0) is 25.0 Å². The molecule has 0 bridgehead atoms. The number of rotatable bonds is 3. The van der Waals surface area contributed by atoms with Crippen LogP contribution in [-0.4, -0.2) is 25.1 Å². The Labute approximate surface area is 144 Å². The zero-order valence-corrected chi connectivity index (χ0v) is 15.1. The number of halogens is 3. The highest BCUT2D eigenvalue weighted by Gasteiger charge is 2.45. The summed E-state index contributed by atoms with van der Waals surface area (Å²) in [4.78, 5) is 4.20. The van der Waals surface area contributed by atoms with Crippen molar-refractivity contribution in [1.82, 2.24) is 4.98 Å². The monoisotopic (exact) mass is 377 g/mol. The molecule has 2 aromatic rings. The molecule has 0 unspecified atom stereocenters. The van der Waals surface area contributed by atoms with E-state index >= 15 is 0 Å². The molecule has 0 atom stereocenters. The molecule has 1 heterocycles. The van der Waals surface area contributed by atoms with E-state index in [0.29, 0.717) is 11.4 Å². The first-order chi connectivity index (χ1) is 11.0. The van der Waals surface area contributed by atoms with E-state index in [4.69, 9.17) is 16.0 Å². The van der Waals surface area contributed by atoms with Crippen LogP contribution < -0.4 is 0 Å². The van der Waals surface area contributed by atoms with Gasteiger partial charge in [0.2, 0.25) is 12.3 Å². The maximum atomic E-state index is 12.9. The topological polar surface area (TPSA) is 60.2 Å². The number of aromatic nitrogens is 1. The lowest BCUT2D eigenvalue weighted by atomic mass is 9.85. The summed E-state index contributed by atoms with van der Waals surface area (Å²) < 4.78 is 56.7. The van der Waals surface area contributed by atoms with Gasteiger partial charge in [-0.25, -0.2) is 22.2 Å². The molecule has 1 aliphatic carbocycles. The van der Waals surface area contributed by atoms with Crippen LogP contribution in [0.25, 0.3) is 11.1 Å². The Morgan fingerprint density at radius 2 is 1.92 bits per heavy atom. The van der Waals surface area contributed by atoms with Crippen LogP contribution in [0.5, 0.6) is 0 Å². The lowest BCUT2D eigenvalue weighted by Crippen LogP contribution is -2.39. The van der Waals surface area contributed by atoms with Crippen LogP contribution in [0.4, 0.5) is 8.78 Å². The number of alkyl halides is 2. The van der Waals surface area contributed by atoms with Crippen LogP contribution in [0.15, 0.2) is 21.4 Å². The molecule has 0 amide bonds. The lowest BCUT2D eigenvalue weighted by Gasteiger charge is -2.34. The third kappa shape index (κ3) is 2.81. The van der Waals surface area contributed by atoms with Gasteiger partial charge in [0.1, 0.15) is 10.4 Å². The van der Waals surface area contributed by atoms with Crippen molar-refractivity contribution in [2.24, 2.45) is 5.92 Å². The van der Waals surface area contributed by atoms with Gasteiger partial charge in [0.25, 0.3) is 0 Å². The molecule has 4 nitrogen and oxygen atoms in total. The third-order valence-corrected chi connectivity index (χ3v) is 6.98.